The average molecular weight is 299 g/mol. The van der Waals surface area contributed by atoms with E-state index in [4.69, 9.17) is 5.11 Å². The van der Waals surface area contributed by atoms with Crippen LogP contribution < -0.4 is 4.72 Å². The van der Waals surface area contributed by atoms with Gasteiger partial charge in [0, 0.05) is 5.56 Å². The molecule has 2 aromatic rings. The zero-order valence-electron chi connectivity index (χ0n) is 10.2. The zero-order valence-corrected chi connectivity index (χ0v) is 11.0. The van der Waals surface area contributed by atoms with E-state index in [1.807, 2.05) is 0 Å². The highest BCUT2D eigenvalue weighted by molar-refractivity contribution is 7.92. The monoisotopic (exact) mass is 299 g/mol. The lowest BCUT2D eigenvalue weighted by molar-refractivity contribution is 0.275. The van der Waals surface area contributed by atoms with E-state index in [0.29, 0.717) is 0 Å². The first-order chi connectivity index (χ1) is 9.42. The Balaban J connectivity index is 2.35. The van der Waals surface area contributed by atoms with Crippen molar-refractivity contribution in [2.45, 2.75) is 11.5 Å². The van der Waals surface area contributed by atoms with Gasteiger partial charge in [-0.15, -0.1) is 0 Å². The summed E-state index contributed by atoms with van der Waals surface area (Å²) in [6.45, 7) is -0.616. The van der Waals surface area contributed by atoms with Crippen LogP contribution in [0.15, 0.2) is 47.4 Å². The third-order valence-electron chi connectivity index (χ3n) is 2.57. The second kappa shape index (κ2) is 5.56. The van der Waals surface area contributed by atoms with E-state index in [2.05, 4.69) is 4.72 Å². The van der Waals surface area contributed by atoms with Crippen LogP contribution in [0.25, 0.3) is 0 Å². The smallest absolute Gasteiger partial charge is 0.261 e. The minimum Gasteiger partial charge on any atom is -0.392 e. The molecule has 2 N–H and O–H groups in total. The maximum atomic E-state index is 13.2. The number of aliphatic hydroxyl groups is 1. The number of aliphatic hydroxyl groups excluding tert-OH is 1. The van der Waals surface area contributed by atoms with E-state index in [-0.39, 0.29) is 16.1 Å². The normalized spacial score (nSPS) is 11.3. The summed E-state index contributed by atoms with van der Waals surface area (Å²) in [5.41, 5.74) is -0.0769. The molecule has 0 aromatic heterocycles. The van der Waals surface area contributed by atoms with Crippen LogP contribution in [0.3, 0.4) is 0 Å². The van der Waals surface area contributed by atoms with Crippen molar-refractivity contribution >= 4 is 15.7 Å². The molecule has 0 saturated carbocycles. The summed E-state index contributed by atoms with van der Waals surface area (Å²) in [6, 6.07) is 7.99. The van der Waals surface area contributed by atoms with Crippen LogP contribution in [-0.2, 0) is 16.6 Å². The van der Waals surface area contributed by atoms with Crippen LogP contribution >= 0.6 is 0 Å². The van der Waals surface area contributed by atoms with E-state index in [9.17, 15) is 17.2 Å². The van der Waals surface area contributed by atoms with Crippen molar-refractivity contribution in [3.63, 3.8) is 0 Å². The Morgan fingerprint density at radius 2 is 1.85 bits per heavy atom. The molecule has 0 fully saturated rings. The highest BCUT2D eigenvalue weighted by Crippen LogP contribution is 2.19. The molecule has 4 nitrogen and oxygen atoms in total. The van der Waals surface area contributed by atoms with Crippen LogP contribution in [0.5, 0.6) is 0 Å². The van der Waals surface area contributed by atoms with E-state index >= 15 is 0 Å². The number of halogens is 2. The lowest BCUT2D eigenvalue weighted by Crippen LogP contribution is -2.13. The quantitative estimate of drug-likeness (QED) is 0.910. The van der Waals surface area contributed by atoms with E-state index in [1.165, 1.54) is 18.2 Å². The molecule has 0 aliphatic rings. The fourth-order valence-corrected chi connectivity index (χ4v) is 2.71. The Bertz CT molecular complexity index is 732. The molecule has 20 heavy (non-hydrogen) atoms. The highest BCUT2D eigenvalue weighted by atomic mass is 32.2. The second-order valence-corrected chi connectivity index (χ2v) is 5.71. The molecule has 7 heteroatoms. The van der Waals surface area contributed by atoms with Gasteiger partial charge >= 0.3 is 0 Å². The first-order valence-corrected chi connectivity index (χ1v) is 7.08. The molecule has 0 saturated heterocycles. The first-order valence-electron chi connectivity index (χ1n) is 5.60. The van der Waals surface area contributed by atoms with Crippen LogP contribution in [0.2, 0.25) is 0 Å². The summed E-state index contributed by atoms with van der Waals surface area (Å²) in [6.07, 6.45) is 0. The Labute approximate surface area is 114 Å². The van der Waals surface area contributed by atoms with Gasteiger partial charge in [0.15, 0.2) is 0 Å². The maximum Gasteiger partial charge on any atom is 0.261 e. The van der Waals surface area contributed by atoms with Crippen LogP contribution in [-0.4, -0.2) is 13.5 Å². The molecular weight excluding hydrogens is 288 g/mol. The number of hydrogen-bond donors (Lipinski definition) is 2. The van der Waals surface area contributed by atoms with Crippen molar-refractivity contribution in [1.29, 1.82) is 0 Å². The van der Waals surface area contributed by atoms with Crippen LogP contribution in [0.4, 0.5) is 14.5 Å². The minimum absolute atomic E-state index is 0.0554. The van der Waals surface area contributed by atoms with Gasteiger partial charge in [-0.3, -0.25) is 4.72 Å². The maximum absolute atomic E-state index is 13.2. The Morgan fingerprint density at radius 1 is 1.10 bits per heavy atom. The third kappa shape index (κ3) is 3.12. The lowest BCUT2D eigenvalue weighted by atomic mass is 10.2. The molecule has 0 spiro atoms. The number of hydrogen-bond acceptors (Lipinski definition) is 3. The van der Waals surface area contributed by atoms with Crippen molar-refractivity contribution in [2.24, 2.45) is 0 Å². The minimum atomic E-state index is -3.97. The molecule has 0 amide bonds. The molecule has 0 aliphatic heterocycles. The molecule has 0 radical (unpaired) electrons. The molecule has 0 heterocycles. The van der Waals surface area contributed by atoms with Gasteiger partial charge in [0.25, 0.3) is 10.0 Å². The molecule has 0 unspecified atom stereocenters. The van der Waals surface area contributed by atoms with Gasteiger partial charge in [-0.25, -0.2) is 17.2 Å². The number of benzene rings is 2. The van der Waals surface area contributed by atoms with Gasteiger partial charge < -0.3 is 5.11 Å². The van der Waals surface area contributed by atoms with E-state index in [0.717, 1.165) is 24.3 Å². The summed E-state index contributed by atoms with van der Waals surface area (Å²) < 4.78 is 52.5. The van der Waals surface area contributed by atoms with Crippen LogP contribution in [0, 0.1) is 11.6 Å². The average Bonchev–Trinajstić information content (AvgIpc) is 2.38. The summed E-state index contributed by atoms with van der Waals surface area (Å²) in [7, 11) is -3.97. The van der Waals surface area contributed by atoms with Gasteiger partial charge in [0.05, 0.1) is 17.2 Å². The standard InChI is InChI=1S/C13H11F2NO3S/c14-10-2-1-3-11(7-10)16-20(18,19)12-4-5-13(15)9(6-12)8-17/h1-7,16-17H,8H2. The Hall–Kier alpha value is -1.99. The molecule has 0 atom stereocenters. The Morgan fingerprint density at radius 3 is 2.50 bits per heavy atom. The SMILES string of the molecule is O=S(=O)(Nc1cccc(F)c1)c1ccc(F)c(CO)c1. The fraction of sp³-hybridized carbons (Fsp3) is 0.0769. The van der Waals surface area contributed by atoms with Crippen molar-refractivity contribution in [1.82, 2.24) is 0 Å². The molecular formula is C13H11F2NO3S. The third-order valence-corrected chi connectivity index (χ3v) is 3.95. The van der Waals surface area contributed by atoms with Gasteiger partial charge in [-0.2, -0.15) is 0 Å². The summed E-state index contributed by atoms with van der Waals surface area (Å²) in [5, 5.41) is 8.93. The number of rotatable bonds is 4. The zero-order chi connectivity index (χ0) is 14.8. The predicted octanol–water partition coefficient (Wildman–Crippen LogP) is 2.26. The van der Waals surface area contributed by atoms with Gasteiger partial charge in [-0.1, -0.05) is 6.07 Å². The molecule has 2 rings (SSSR count). The number of anilines is 1. The topological polar surface area (TPSA) is 66.4 Å². The van der Waals surface area contributed by atoms with Crippen molar-refractivity contribution < 1.29 is 22.3 Å². The first kappa shape index (κ1) is 14.4. The van der Waals surface area contributed by atoms with E-state index in [1.54, 1.807) is 0 Å². The fourth-order valence-electron chi connectivity index (χ4n) is 1.61. The van der Waals surface area contributed by atoms with Gasteiger partial charge in [0.2, 0.25) is 0 Å². The number of sulfonamides is 1. The van der Waals surface area contributed by atoms with Gasteiger partial charge in [0.1, 0.15) is 11.6 Å². The summed E-state index contributed by atoms with van der Waals surface area (Å²) >= 11 is 0. The lowest BCUT2D eigenvalue weighted by Gasteiger charge is -2.09. The Kier molecular flexibility index (Phi) is 4.01. The summed E-state index contributed by atoms with van der Waals surface area (Å²) in [4.78, 5) is -0.216. The molecule has 2 aromatic carbocycles. The highest BCUT2D eigenvalue weighted by Gasteiger charge is 2.16. The molecule has 106 valence electrons. The summed E-state index contributed by atoms with van der Waals surface area (Å²) in [5.74, 6) is -1.28. The largest absolute Gasteiger partial charge is 0.392 e. The van der Waals surface area contributed by atoms with Crippen LogP contribution in [0.1, 0.15) is 5.56 Å². The second-order valence-electron chi connectivity index (χ2n) is 4.03. The van der Waals surface area contributed by atoms with Crippen molar-refractivity contribution in [2.75, 3.05) is 4.72 Å². The molecule has 0 aliphatic carbocycles. The van der Waals surface area contributed by atoms with Gasteiger partial charge in [-0.05, 0) is 36.4 Å². The van der Waals surface area contributed by atoms with E-state index < -0.39 is 28.3 Å². The number of nitrogens with one attached hydrogen (secondary N) is 1. The van der Waals surface area contributed by atoms with Crippen molar-refractivity contribution in [3.8, 4) is 0 Å². The van der Waals surface area contributed by atoms with Crippen molar-refractivity contribution in [3.05, 3.63) is 59.7 Å². The predicted molar refractivity (Wildman–Crippen MR) is 69.5 cm³/mol. The molecule has 0 bridgehead atoms.